The van der Waals surface area contributed by atoms with Crippen molar-refractivity contribution in [2.75, 3.05) is 29.8 Å². The van der Waals surface area contributed by atoms with Gasteiger partial charge < -0.3 is 10.1 Å². The fraction of sp³-hybridized carbons (Fsp3) is 0.353. The first-order valence-electron chi connectivity index (χ1n) is 8.55. The Balaban J connectivity index is 1.86. The molecule has 27 heavy (non-hydrogen) atoms. The second kappa shape index (κ2) is 7.89. The van der Waals surface area contributed by atoms with Crippen LogP contribution in [0.2, 0.25) is 0 Å². The molecular weight excluding hydrogens is 368 g/mol. The van der Waals surface area contributed by atoms with Crippen LogP contribution in [0, 0.1) is 13.8 Å². The van der Waals surface area contributed by atoms with E-state index in [9.17, 15) is 8.42 Å². The Morgan fingerprint density at radius 2 is 1.89 bits per heavy atom. The first kappa shape index (κ1) is 19.1. The van der Waals surface area contributed by atoms with E-state index in [1.165, 1.54) is 4.52 Å². The molecule has 3 aromatic rings. The van der Waals surface area contributed by atoms with Gasteiger partial charge in [-0.3, -0.25) is 4.72 Å². The summed E-state index contributed by atoms with van der Waals surface area (Å²) >= 11 is 0. The van der Waals surface area contributed by atoms with Crippen molar-refractivity contribution in [2.45, 2.75) is 25.9 Å². The van der Waals surface area contributed by atoms with Gasteiger partial charge in [0.15, 0.2) is 0 Å². The van der Waals surface area contributed by atoms with Crippen LogP contribution in [0.25, 0.3) is 5.78 Å². The summed E-state index contributed by atoms with van der Waals surface area (Å²) in [6, 6.07) is 8.83. The minimum absolute atomic E-state index is 0.246. The van der Waals surface area contributed by atoms with Gasteiger partial charge in [0.2, 0.25) is 0 Å². The zero-order chi connectivity index (χ0) is 19.4. The van der Waals surface area contributed by atoms with Gasteiger partial charge >= 0.3 is 0 Å². The second-order valence-corrected chi connectivity index (χ2v) is 7.50. The van der Waals surface area contributed by atoms with E-state index in [-0.39, 0.29) is 10.9 Å². The second-order valence-electron chi connectivity index (χ2n) is 5.92. The van der Waals surface area contributed by atoms with Crippen LogP contribution in [0.15, 0.2) is 35.5 Å². The first-order valence-corrected chi connectivity index (χ1v) is 10.0. The molecule has 0 atom stereocenters. The van der Waals surface area contributed by atoms with Crippen molar-refractivity contribution >= 4 is 27.2 Å². The van der Waals surface area contributed by atoms with Crippen LogP contribution in [0.3, 0.4) is 0 Å². The Labute approximate surface area is 157 Å². The Morgan fingerprint density at radius 1 is 1.15 bits per heavy atom. The largest absolute Gasteiger partial charge is 0.381 e. The molecule has 2 N–H and O–H groups in total. The van der Waals surface area contributed by atoms with Crippen LogP contribution in [0.1, 0.15) is 18.3 Å². The summed E-state index contributed by atoms with van der Waals surface area (Å²) < 4.78 is 34.8. The summed E-state index contributed by atoms with van der Waals surface area (Å²) in [7, 11) is -3.97. The van der Waals surface area contributed by atoms with Gasteiger partial charge in [0.05, 0.1) is 18.0 Å². The zero-order valence-corrected chi connectivity index (χ0v) is 16.2. The predicted octanol–water partition coefficient (Wildman–Crippen LogP) is 1.99. The summed E-state index contributed by atoms with van der Waals surface area (Å²) in [5.41, 5.74) is 2.56. The number of sulfonamides is 1. The Bertz CT molecular complexity index is 1050. The number of fused-ring (bicyclic) bond motifs is 1. The van der Waals surface area contributed by atoms with Crippen molar-refractivity contribution in [3.63, 3.8) is 0 Å². The van der Waals surface area contributed by atoms with Crippen molar-refractivity contribution < 1.29 is 13.2 Å². The van der Waals surface area contributed by atoms with Gasteiger partial charge in [0.1, 0.15) is 0 Å². The smallest absolute Gasteiger partial charge is 0.299 e. The number of ether oxygens (including phenoxy) is 1. The molecule has 0 aliphatic heterocycles. The summed E-state index contributed by atoms with van der Waals surface area (Å²) in [6.45, 7) is 7.26. The number of nitrogens with one attached hydrogen (secondary N) is 2. The lowest BCUT2D eigenvalue weighted by Crippen LogP contribution is -2.17. The topological polar surface area (TPSA) is 111 Å². The van der Waals surface area contributed by atoms with Gasteiger partial charge in [-0.2, -0.15) is 13.4 Å². The minimum Gasteiger partial charge on any atom is -0.381 e. The van der Waals surface area contributed by atoms with Crippen molar-refractivity contribution in [1.82, 2.24) is 19.6 Å². The fourth-order valence-electron chi connectivity index (χ4n) is 2.58. The maximum atomic E-state index is 12.8. The zero-order valence-electron chi connectivity index (χ0n) is 15.4. The monoisotopic (exact) mass is 390 g/mol. The molecule has 144 valence electrons. The first-order chi connectivity index (χ1) is 12.9. The number of nitrogens with zero attached hydrogens (tertiary/aromatic N) is 4. The molecule has 0 spiro atoms. The number of hydrogen-bond acceptors (Lipinski definition) is 7. The molecule has 0 saturated heterocycles. The fourth-order valence-corrected chi connectivity index (χ4v) is 3.53. The van der Waals surface area contributed by atoms with Crippen LogP contribution in [0.5, 0.6) is 0 Å². The SMILES string of the molecule is CCOCCNc1ccccc1NS(=O)(=O)c1nc2nc(C)cc(C)n2n1. The summed E-state index contributed by atoms with van der Waals surface area (Å²) in [6.07, 6.45) is 0. The third kappa shape index (κ3) is 4.34. The molecule has 2 heterocycles. The highest BCUT2D eigenvalue weighted by atomic mass is 32.2. The quantitative estimate of drug-likeness (QED) is 0.566. The lowest BCUT2D eigenvalue weighted by molar-refractivity contribution is 0.158. The molecule has 0 unspecified atom stereocenters. The lowest BCUT2D eigenvalue weighted by Gasteiger charge is -2.13. The Morgan fingerprint density at radius 3 is 2.63 bits per heavy atom. The van der Waals surface area contributed by atoms with Crippen molar-refractivity contribution in [1.29, 1.82) is 0 Å². The van der Waals surface area contributed by atoms with Crippen LogP contribution in [-0.4, -0.2) is 47.8 Å². The third-order valence-corrected chi connectivity index (χ3v) is 4.92. The molecule has 1 aromatic carbocycles. The highest BCUT2D eigenvalue weighted by Crippen LogP contribution is 2.23. The molecule has 0 bridgehead atoms. The number of anilines is 2. The maximum Gasteiger partial charge on any atom is 0.299 e. The molecular formula is C17H22N6O3S. The molecule has 3 rings (SSSR count). The van der Waals surface area contributed by atoms with Gasteiger partial charge in [0, 0.05) is 24.5 Å². The highest BCUT2D eigenvalue weighted by Gasteiger charge is 2.23. The predicted molar refractivity (Wildman–Crippen MR) is 102 cm³/mol. The van der Waals surface area contributed by atoms with Crippen LogP contribution < -0.4 is 10.0 Å². The molecule has 10 heteroatoms. The highest BCUT2D eigenvalue weighted by molar-refractivity contribution is 7.92. The van der Waals surface area contributed by atoms with E-state index in [0.717, 1.165) is 11.4 Å². The average Bonchev–Trinajstić information content (AvgIpc) is 3.05. The van der Waals surface area contributed by atoms with Crippen molar-refractivity contribution in [2.24, 2.45) is 0 Å². The van der Waals surface area contributed by atoms with Gasteiger partial charge in [-0.1, -0.05) is 12.1 Å². The normalized spacial score (nSPS) is 11.7. The molecule has 0 amide bonds. The molecule has 0 saturated carbocycles. The van der Waals surface area contributed by atoms with Gasteiger partial charge in [-0.05, 0) is 39.0 Å². The van der Waals surface area contributed by atoms with Crippen LogP contribution >= 0.6 is 0 Å². The Hall–Kier alpha value is -2.72. The van der Waals surface area contributed by atoms with Crippen molar-refractivity contribution in [3.05, 3.63) is 41.7 Å². The number of hydrogen-bond donors (Lipinski definition) is 2. The third-order valence-electron chi connectivity index (χ3n) is 3.78. The number of para-hydroxylation sites is 2. The van der Waals surface area contributed by atoms with Gasteiger partial charge in [-0.25, -0.2) is 9.50 Å². The van der Waals surface area contributed by atoms with E-state index < -0.39 is 10.0 Å². The van der Waals surface area contributed by atoms with E-state index in [2.05, 4.69) is 25.1 Å². The molecule has 0 fully saturated rings. The summed E-state index contributed by atoms with van der Waals surface area (Å²) in [4.78, 5) is 8.29. The molecule has 0 aliphatic carbocycles. The van der Waals surface area contributed by atoms with E-state index in [1.54, 1.807) is 18.2 Å². The summed E-state index contributed by atoms with van der Waals surface area (Å²) in [5, 5.41) is 6.92. The van der Waals surface area contributed by atoms with E-state index >= 15 is 0 Å². The molecule has 9 nitrogen and oxygen atoms in total. The standard InChI is InChI=1S/C17H22N6O3S/c1-4-26-10-9-18-14-7-5-6-8-15(14)22-27(24,25)17-20-16-19-12(2)11-13(3)23(16)21-17/h5-8,11,18,22H,4,9-10H2,1-3H3. The number of benzene rings is 1. The molecule has 0 radical (unpaired) electrons. The number of rotatable bonds is 8. The molecule has 0 aliphatic rings. The number of aryl methyl sites for hydroxylation is 2. The van der Waals surface area contributed by atoms with E-state index in [4.69, 9.17) is 4.74 Å². The van der Waals surface area contributed by atoms with Crippen molar-refractivity contribution in [3.8, 4) is 0 Å². The summed E-state index contributed by atoms with van der Waals surface area (Å²) in [5.74, 6) is 0.246. The lowest BCUT2D eigenvalue weighted by atomic mass is 10.3. The maximum absolute atomic E-state index is 12.8. The Kier molecular flexibility index (Phi) is 5.57. The van der Waals surface area contributed by atoms with Crippen LogP contribution in [0.4, 0.5) is 11.4 Å². The number of aromatic nitrogens is 4. The van der Waals surface area contributed by atoms with E-state index in [0.29, 0.717) is 31.1 Å². The molecule has 2 aromatic heterocycles. The average molecular weight is 390 g/mol. The van der Waals surface area contributed by atoms with Gasteiger partial charge in [-0.15, -0.1) is 5.10 Å². The minimum atomic E-state index is -3.97. The van der Waals surface area contributed by atoms with Gasteiger partial charge in [0.25, 0.3) is 21.0 Å². The van der Waals surface area contributed by atoms with Crippen LogP contribution in [-0.2, 0) is 14.8 Å². The van der Waals surface area contributed by atoms with E-state index in [1.807, 2.05) is 32.9 Å².